The first kappa shape index (κ1) is 22.5. The van der Waals surface area contributed by atoms with Crippen LogP contribution < -0.4 is 10.2 Å². The van der Waals surface area contributed by atoms with Crippen molar-refractivity contribution in [3.05, 3.63) is 50.4 Å². The van der Waals surface area contributed by atoms with Gasteiger partial charge in [0.1, 0.15) is 5.00 Å². The standard InChI is InChI=1S/C22H26N4O4S2/c1-2-30-21(27)19-17-5-3-4-6-18(17)32-20(19)23-22(31)25-13-11-24(12-14-25)15-7-9-16(10-8-15)26(28)29/h7-10H,2-6,11-14H2,1H3,(H,23,31). The third-order valence-corrected chi connectivity index (χ3v) is 7.43. The molecule has 2 heterocycles. The Morgan fingerprint density at radius 1 is 1.19 bits per heavy atom. The number of benzene rings is 1. The van der Waals surface area contributed by atoms with E-state index in [0.29, 0.717) is 17.3 Å². The number of non-ortho nitro benzene ring substituents is 1. The van der Waals surface area contributed by atoms with Crippen molar-refractivity contribution in [2.45, 2.75) is 32.6 Å². The molecule has 1 aromatic heterocycles. The molecule has 1 fully saturated rings. The minimum Gasteiger partial charge on any atom is -0.462 e. The number of rotatable bonds is 5. The van der Waals surface area contributed by atoms with E-state index in [0.717, 1.165) is 68.1 Å². The molecule has 0 unspecified atom stereocenters. The van der Waals surface area contributed by atoms with Crippen LogP contribution in [0.25, 0.3) is 0 Å². The molecule has 1 N–H and O–H groups in total. The van der Waals surface area contributed by atoms with E-state index in [1.54, 1.807) is 23.5 Å². The molecule has 10 heteroatoms. The average molecular weight is 475 g/mol. The number of carbonyl (C=O) groups excluding carboxylic acids is 1. The number of esters is 1. The fourth-order valence-corrected chi connectivity index (χ4v) is 5.83. The van der Waals surface area contributed by atoms with Crippen molar-refractivity contribution in [3.8, 4) is 0 Å². The molecule has 4 rings (SSSR count). The maximum absolute atomic E-state index is 12.7. The number of ether oxygens (including phenoxy) is 1. The SMILES string of the molecule is CCOC(=O)c1c(NC(=S)N2CCN(c3ccc([N+](=O)[O-])cc3)CC2)sc2c1CCCC2. The lowest BCUT2D eigenvalue weighted by molar-refractivity contribution is -0.384. The number of aryl methyl sites for hydroxylation is 1. The Labute approximate surface area is 196 Å². The summed E-state index contributed by atoms with van der Waals surface area (Å²) in [7, 11) is 0. The summed E-state index contributed by atoms with van der Waals surface area (Å²) in [5, 5.41) is 15.6. The lowest BCUT2D eigenvalue weighted by Crippen LogP contribution is -2.50. The summed E-state index contributed by atoms with van der Waals surface area (Å²) in [5.41, 5.74) is 2.82. The highest BCUT2D eigenvalue weighted by Gasteiger charge is 2.28. The Hall–Kier alpha value is -2.72. The van der Waals surface area contributed by atoms with Gasteiger partial charge in [0.25, 0.3) is 5.69 Å². The molecule has 170 valence electrons. The maximum atomic E-state index is 12.7. The Morgan fingerprint density at radius 3 is 2.53 bits per heavy atom. The lowest BCUT2D eigenvalue weighted by Gasteiger charge is -2.37. The van der Waals surface area contributed by atoms with Crippen molar-refractivity contribution < 1.29 is 14.5 Å². The molecule has 0 bridgehead atoms. The first-order chi connectivity index (χ1) is 15.5. The van der Waals surface area contributed by atoms with E-state index < -0.39 is 4.92 Å². The Balaban J connectivity index is 1.41. The van der Waals surface area contributed by atoms with Crippen LogP contribution in [0, 0.1) is 10.1 Å². The van der Waals surface area contributed by atoms with Gasteiger partial charge in [0, 0.05) is 48.9 Å². The third kappa shape index (κ3) is 4.71. The van der Waals surface area contributed by atoms with E-state index in [1.807, 2.05) is 6.92 Å². The van der Waals surface area contributed by atoms with Crippen molar-refractivity contribution >= 4 is 51.0 Å². The van der Waals surface area contributed by atoms with Crippen LogP contribution in [-0.4, -0.2) is 53.7 Å². The van der Waals surface area contributed by atoms with Gasteiger partial charge in [0.05, 0.1) is 17.1 Å². The van der Waals surface area contributed by atoms with Crippen molar-refractivity contribution in [2.24, 2.45) is 0 Å². The minimum absolute atomic E-state index is 0.0915. The van der Waals surface area contributed by atoms with Crippen LogP contribution in [0.4, 0.5) is 16.4 Å². The predicted molar refractivity (Wildman–Crippen MR) is 130 cm³/mol. The van der Waals surface area contributed by atoms with E-state index in [-0.39, 0.29) is 11.7 Å². The summed E-state index contributed by atoms with van der Waals surface area (Å²) in [6.07, 6.45) is 4.13. The van der Waals surface area contributed by atoms with Crippen LogP contribution in [-0.2, 0) is 17.6 Å². The molecule has 1 aliphatic carbocycles. The first-order valence-corrected chi connectivity index (χ1v) is 12.1. The number of nitro benzene ring substituents is 1. The molecular formula is C22H26N4O4S2. The molecule has 2 aliphatic rings. The number of nitrogens with one attached hydrogen (secondary N) is 1. The van der Waals surface area contributed by atoms with Gasteiger partial charge >= 0.3 is 5.97 Å². The molecule has 1 aromatic carbocycles. The number of carbonyl (C=O) groups is 1. The summed E-state index contributed by atoms with van der Waals surface area (Å²) in [6.45, 7) is 5.12. The second-order valence-electron chi connectivity index (χ2n) is 7.81. The fraction of sp³-hybridized carbons (Fsp3) is 0.455. The first-order valence-electron chi connectivity index (χ1n) is 10.8. The zero-order valence-corrected chi connectivity index (χ0v) is 19.6. The van der Waals surface area contributed by atoms with Gasteiger partial charge in [-0.2, -0.15) is 0 Å². The van der Waals surface area contributed by atoms with Crippen molar-refractivity contribution in [1.29, 1.82) is 0 Å². The second kappa shape index (κ2) is 9.83. The van der Waals surface area contributed by atoms with Crippen LogP contribution in [0.15, 0.2) is 24.3 Å². The second-order valence-corrected chi connectivity index (χ2v) is 9.31. The normalized spacial score (nSPS) is 15.8. The number of piperazine rings is 1. The zero-order valence-electron chi connectivity index (χ0n) is 18.0. The van der Waals surface area contributed by atoms with Crippen LogP contribution in [0.3, 0.4) is 0 Å². The zero-order chi connectivity index (χ0) is 22.7. The van der Waals surface area contributed by atoms with Crippen molar-refractivity contribution in [3.63, 3.8) is 0 Å². The molecule has 0 saturated carbocycles. The van der Waals surface area contributed by atoms with E-state index in [1.165, 1.54) is 17.0 Å². The third-order valence-electron chi connectivity index (χ3n) is 5.86. The molecule has 0 spiro atoms. The van der Waals surface area contributed by atoms with Crippen molar-refractivity contribution in [1.82, 2.24) is 4.90 Å². The van der Waals surface area contributed by atoms with Crippen LogP contribution in [0.1, 0.15) is 40.6 Å². The quantitative estimate of drug-likeness (QED) is 0.298. The monoisotopic (exact) mass is 474 g/mol. The summed E-state index contributed by atoms with van der Waals surface area (Å²) < 4.78 is 5.33. The number of hydrogen-bond donors (Lipinski definition) is 1. The van der Waals surface area contributed by atoms with Gasteiger partial charge in [-0.05, 0) is 62.5 Å². The molecule has 0 atom stereocenters. The molecule has 0 radical (unpaired) electrons. The van der Waals surface area contributed by atoms with Gasteiger partial charge in [-0.3, -0.25) is 10.1 Å². The number of thiocarbonyl (C=S) groups is 1. The highest BCUT2D eigenvalue weighted by molar-refractivity contribution is 7.80. The smallest absolute Gasteiger partial charge is 0.341 e. The fourth-order valence-electron chi connectivity index (χ4n) is 4.20. The summed E-state index contributed by atoms with van der Waals surface area (Å²) in [6, 6.07) is 6.63. The van der Waals surface area contributed by atoms with Crippen LogP contribution in [0.5, 0.6) is 0 Å². The van der Waals surface area contributed by atoms with Crippen LogP contribution >= 0.6 is 23.6 Å². The molecule has 1 saturated heterocycles. The van der Waals surface area contributed by atoms with Gasteiger partial charge in [-0.15, -0.1) is 11.3 Å². The summed E-state index contributed by atoms with van der Waals surface area (Å²) >= 11 is 7.30. The van der Waals surface area contributed by atoms with Gasteiger partial charge in [-0.1, -0.05) is 0 Å². The Kier molecular flexibility index (Phi) is 6.90. The number of nitrogens with zero attached hydrogens (tertiary/aromatic N) is 3. The Bertz CT molecular complexity index is 1010. The van der Waals surface area contributed by atoms with Crippen molar-refractivity contribution in [2.75, 3.05) is 43.0 Å². The van der Waals surface area contributed by atoms with E-state index >= 15 is 0 Å². The number of fused-ring (bicyclic) bond motifs is 1. The topological polar surface area (TPSA) is 88.0 Å². The molecule has 32 heavy (non-hydrogen) atoms. The number of nitro groups is 1. The van der Waals surface area contributed by atoms with Gasteiger partial charge in [-0.25, -0.2) is 4.79 Å². The lowest BCUT2D eigenvalue weighted by atomic mass is 9.95. The summed E-state index contributed by atoms with van der Waals surface area (Å²) in [5.74, 6) is -0.278. The van der Waals surface area contributed by atoms with Gasteiger partial charge < -0.3 is 19.9 Å². The number of thiophene rings is 1. The van der Waals surface area contributed by atoms with E-state index in [2.05, 4.69) is 15.1 Å². The van der Waals surface area contributed by atoms with E-state index in [9.17, 15) is 14.9 Å². The maximum Gasteiger partial charge on any atom is 0.341 e. The number of anilines is 2. The highest BCUT2D eigenvalue weighted by Crippen LogP contribution is 2.38. The summed E-state index contributed by atoms with van der Waals surface area (Å²) in [4.78, 5) is 28.7. The Morgan fingerprint density at radius 2 is 1.88 bits per heavy atom. The molecule has 8 nitrogen and oxygen atoms in total. The van der Waals surface area contributed by atoms with Crippen LogP contribution in [0.2, 0.25) is 0 Å². The highest BCUT2D eigenvalue weighted by atomic mass is 32.1. The molecular weight excluding hydrogens is 448 g/mol. The van der Waals surface area contributed by atoms with Gasteiger partial charge in [0.15, 0.2) is 5.11 Å². The largest absolute Gasteiger partial charge is 0.462 e. The predicted octanol–water partition coefficient (Wildman–Crippen LogP) is 4.23. The molecule has 2 aromatic rings. The minimum atomic E-state index is -0.390. The number of hydrogen-bond acceptors (Lipinski definition) is 7. The average Bonchev–Trinajstić information content (AvgIpc) is 3.17. The van der Waals surface area contributed by atoms with Gasteiger partial charge in [0.2, 0.25) is 0 Å². The van der Waals surface area contributed by atoms with E-state index in [4.69, 9.17) is 17.0 Å². The molecule has 0 amide bonds. The molecule has 1 aliphatic heterocycles.